The number of anilines is 2. The Hall–Kier alpha value is -3.18. The third kappa shape index (κ3) is 3.36. The maximum atomic E-state index is 12.1. The third-order valence-corrected chi connectivity index (χ3v) is 4.58. The molecule has 0 aliphatic heterocycles. The Kier molecular flexibility index (Phi) is 4.14. The van der Waals surface area contributed by atoms with Crippen LogP contribution in [0.15, 0.2) is 78.2 Å². The van der Waals surface area contributed by atoms with E-state index in [0.29, 0.717) is 5.13 Å². The van der Waals surface area contributed by atoms with Crippen molar-refractivity contribution in [2.45, 2.75) is 0 Å². The van der Waals surface area contributed by atoms with Crippen molar-refractivity contribution in [3.05, 3.63) is 78.2 Å². The Bertz CT molecular complexity index is 1020. The Balaban J connectivity index is 1.55. The van der Waals surface area contributed by atoms with Crippen molar-refractivity contribution >= 4 is 39.0 Å². The summed E-state index contributed by atoms with van der Waals surface area (Å²) < 4.78 is 0. The number of para-hydroxylation sites is 1. The number of benzene rings is 3. The number of nitrogens with one attached hydrogen (secondary N) is 2. The molecule has 3 aromatic carbocycles. The molecule has 0 atom stereocenters. The van der Waals surface area contributed by atoms with Gasteiger partial charge < -0.3 is 5.32 Å². The molecule has 0 saturated carbocycles. The van der Waals surface area contributed by atoms with Crippen LogP contribution in [0.4, 0.5) is 15.6 Å². The highest BCUT2D eigenvalue weighted by Crippen LogP contribution is 2.30. The van der Waals surface area contributed by atoms with E-state index in [1.807, 2.05) is 60.0 Å². The molecule has 0 unspecified atom stereocenters. The summed E-state index contributed by atoms with van der Waals surface area (Å²) in [7, 11) is 0. The van der Waals surface area contributed by atoms with Gasteiger partial charge in [-0.15, -0.1) is 11.3 Å². The molecule has 0 aliphatic carbocycles. The van der Waals surface area contributed by atoms with Gasteiger partial charge in [-0.25, -0.2) is 9.78 Å². The summed E-state index contributed by atoms with van der Waals surface area (Å²) in [6.45, 7) is 0. The number of amides is 2. The molecule has 4 aromatic rings. The van der Waals surface area contributed by atoms with E-state index in [0.717, 1.165) is 22.3 Å². The first-order chi connectivity index (χ1) is 12.3. The molecule has 5 heteroatoms. The lowest BCUT2D eigenvalue weighted by molar-refractivity contribution is 0.262. The molecule has 0 spiro atoms. The van der Waals surface area contributed by atoms with Crippen molar-refractivity contribution in [3.8, 4) is 11.3 Å². The summed E-state index contributed by atoms with van der Waals surface area (Å²) in [6, 6.07) is 23.4. The van der Waals surface area contributed by atoms with Crippen molar-refractivity contribution in [1.82, 2.24) is 4.98 Å². The van der Waals surface area contributed by atoms with E-state index < -0.39 is 0 Å². The molecule has 2 N–H and O–H groups in total. The molecule has 0 radical (unpaired) electrons. The lowest BCUT2D eigenvalue weighted by Crippen LogP contribution is -2.19. The van der Waals surface area contributed by atoms with Crippen molar-refractivity contribution in [1.29, 1.82) is 0 Å². The molecule has 1 heterocycles. The summed E-state index contributed by atoms with van der Waals surface area (Å²) in [5.41, 5.74) is 2.66. The van der Waals surface area contributed by atoms with Crippen molar-refractivity contribution in [3.63, 3.8) is 0 Å². The van der Waals surface area contributed by atoms with Gasteiger partial charge in [-0.1, -0.05) is 60.7 Å². The summed E-state index contributed by atoms with van der Waals surface area (Å²) in [4.78, 5) is 16.6. The summed E-state index contributed by atoms with van der Waals surface area (Å²) in [5, 5.41) is 10.4. The zero-order valence-electron chi connectivity index (χ0n) is 13.3. The average molecular weight is 345 g/mol. The number of carbonyl (C=O) groups is 1. The lowest BCUT2D eigenvalue weighted by atomic mass is 10.0. The van der Waals surface area contributed by atoms with Crippen LogP contribution in [0, 0.1) is 0 Å². The second-order valence-corrected chi connectivity index (χ2v) is 6.37. The van der Waals surface area contributed by atoms with E-state index in [2.05, 4.69) is 33.8 Å². The van der Waals surface area contributed by atoms with Crippen LogP contribution in [0.5, 0.6) is 0 Å². The SMILES string of the molecule is O=C(Nc1ccccc1)Nc1nc(-c2cccc3ccccc23)cs1. The first-order valence-electron chi connectivity index (χ1n) is 7.86. The number of carbonyl (C=O) groups excluding carboxylic acids is 1. The van der Waals surface area contributed by atoms with Crippen LogP contribution >= 0.6 is 11.3 Å². The minimum atomic E-state index is -0.301. The summed E-state index contributed by atoms with van der Waals surface area (Å²) in [6.07, 6.45) is 0. The van der Waals surface area contributed by atoms with Gasteiger partial charge in [0.15, 0.2) is 5.13 Å². The van der Waals surface area contributed by atoms with E-state index in [1.165, 1.54) is 16.7 Å². The number of rotatable bonds is 3. The van der Waals surface area contributed by atoms with Crippen LogP contribution in [-0.4, -0.2) is 11.0 Å². The lowest BCUT2D eigenvalue weighted by Gasteiger charge is -2.05. The molecule has 0 aliphatic rings. The van der Waals surface area contributed by atoms with Gasteiger partial charge in [0, 0.05) is 16.6 Å². The van der Waals surface area contributed by atoms with Crippen molar-refractivity contribution < 1.29 is 4.79 Å². The number of urea groups is 1. The second-order valence-electron chi connectivity index (χ2n) is 5.51. The van der Waals surface area contributed by atoms with Gasteiger partial charge in [-0.2, -0.15) is 0 Å². The highest BCUT2D eigenvalue weighted by molar-refractivity contribution is 7.14. The van der Waals surface area contributed by atoms with Crippen molar-refractivity contribution in [2.75, 3.05) is 10.6 Å². The first-order valence-corrected chi connectivity index (χ1v) is 8.74. The maximum Gasteiger partial charge on any atom is 0.325 e. The number of hydrogen-bond acceptors (Lipinski definition) is 3. The average Bonchev–Trinajstić information content (AvgIpc) is 3.10. The molecule has 0 fully saturated rings. The van der Waals surface area contributed by atoms with E-state index >= 15 is 0 Å². The van der Waals surface area contributed by atoms with Gasteiger partial charge in [0.25, 0.3) is 0 Å². The minimum Gasteiger partial charge on any atom is -0.308 e. The molecule has 2 amide bonds. The highest BCUT2D eigenvalue weighted by Gasteiger charge is 2.10. The molecule has 122 valence electrons. The van der Waals surface area contributed by atoms with Gasteiger partial charge in [-0.3, -0.25) is 5.32 Å². The zero-order chi connectivity index (χ0) is 17.1. The normalized spacial score (nSPS) is 10.6. The molecule has 4 rings (SSSR count). The molecule has 0 bridgehead atoms. The largest absolute Gasteiger partial charge is 0.325 e. The molecular weight excluding hydrogens is 330 g/mol. The first kappa shape index (κ1) is 15.4. The number of nitrogens with zero attached hydrogens (tertiary/aromatic N) is 1. The summed E-state index contributed by atoms with van der Waals surface area (Å²) >= 11 is 1.41. The molecule has 25 heavy (non-hydrogen) atoms. The Morgan fingerprint density at radius 2 is 1.60 bits per heavy atom. The van der Waals surface area contributed by atoms with E-state index in [1.54, 1.807) is 0 Å². The summed E-state index contributed by atoms with van der Waals surface area (Å²) in [5.74, 6) is 0. The van der Waals surface area contributed by atoms with Crippen LogP contribution in [0.25, 0.3) is 22.0 Å². The Labute approximate surface area is 149 Å². The Morgan fingerprint density at radius 1 is 0.840 bits per heavy atom. The molecule has 0 saturated heterocycles. The zero-order valence-corrected chi connectivity index (χ0v) is 14.1. The number of hydrogen-bond donors (Lipinski definition) is 2. The fraction of sp³-hybridized carbons (Fsp3) is 0. The van der Waals surface area contributed by atoms with E-state index in [-0.39, 0.29) is 6.03 Å². The van der Waals surface area contributed by atoms with Crippen LogP contribution < -0.4 is 10.6 Å². The standard InChI is InChI=1S/C20H15N3OS/c24-19(21-15-9-2-1-3-10-15)23-20-22-18(13-25-20)17-12-6-8-14-7-4-5-11-16(14)17/h1-13H,(H2,21,22,23,24). The van der Waals surface area contributed by atoms with E-state index in [9.17, 15) is 4.79 Å². The number of fused-ring (bicyclic) bond motifs is 1. The van der Waals surface area contributed by atoms with Crippen molar-refractivity contribution in [2.24, 2.45) is 0 Å². The molecular formula is C20H15N3OS. The fourth-order valence-corrected chi connectivity index (χ4v) is 3.39. The monoisotopic (exact) mass is 345 g/mol. The predicted octanol–water partition coefficient (Wildman–Crippen LogP) is 5.61. The van der Waals surface area contributed by atoms with Crippen LogP contribution in [0.2, 0.25) is 0 Å². The van der Waals surface area contributed by atoms with Gasteiger partial charge >= 0.3 is 6.03 Å². The minimum absolute atomic E-state index is 0.301. The quantitative estimate of drug-likeness (QED) is 0.507. The highest BCUT2D eigenvalue weighted by atomic mass is 32.1. The fourth-order valence-electron chi connectivity index (χ4n) is 2.68. The number of aromatic nitrogens is 1. The van der Waals surface area contributed by atoms with Crippen LogP contribution in [-0.2, 0) is 0 Å². The predicted molar refractivity (Wildman–Crippen MR) is 104 cm³/mol. The van der Waals surface area contributed by atoms with Gasteiger partial charge in [0.1, 0.15) is 0 Å². The number of thiazole rings is 1. The Morgan fingerprint density at radius 3 is 2.48 bits per heavy atom. The second kappa shape index (κ2) is 6.75. The molecule has 4 nitrogen and oxygen atoms in total. The third-order valence-electron chi connectivity index (χ3n) is 3.82. The van der Waals surface area contributed by atoms with E-state index in [4.69, 9.17) is 0 Å². The van der Waals surface area contributed by atoms with Gasteiger partial charge in [0.05, 0.1) is 5.69 Å². The van der Waals surface area contributed by atoms with Crippen LogP contribution in [0.1, 0.15) is 0 Å². The van der Waals surface area contributed by atoms with Crippen LogP contribution in [0.3, 0.4) is 0 Å². The van der Waals surface area contributed by atoms with Gasteiger partial charge in [-0.05, 0) is 22.9 Å². The van der Waals surface area contributed by atoms with Gasteiger partial charge in [0.2, 0.25) is 0 Å². The molecule has 1 aromatic heterocycles. The smallest absolute Gasteiger partial charge is 0.308 e. The topological polar surface area (TPSA) is 54.0 Å². The maximum absolute atomic E-state index is 12.1.